The summed E-state index contributed by atoms with van der Waals surface area (Å²) in [6.07, 6.45) is 8.09. The van der Waals surface area contributed by atoms with E-state index in [1.165, 1.54) is 45.2 Å². The first-order valence-corrected chi connectivity index (χ1v) is 6.68. The number of rotatable bonds is 5. The molecule has 0 bridgehead atoms. The van der Waals surface area contributed by atoms with Gasteiger partial charge in [-0.15, -0.1) is 0 Å². The van der Waals surface area contributed by atoms with Crippen LogP contribution in [0, 0.1) is 11.8 Å². The van der Waals surface area contributed by atoms with Gasteiger partial charge in [-0.05, 0) is 44.1 Å². The second kappa shape index (κ2) is 5.67. The number of hydrogen-bond acceptors (Lipinski definition) is 2. The van der Waals surface area contributed by atoms with Crippen LogP contribution in [0.4, 0.5) is 0 Å². The molecule has 0 radical (unpaired) electrons. The number of likely N-dealkylation sites (tertiary alicyclic amines) is 1. The summed E-state index contributed by atoms with van der Waals surface area (Å²) in [7, 11) is 0. The quantitative estimate of drug-likeness (QED) is 0.781. The zero-order valence-corrected chi connectivity index (χ0v) is 10.0. The van der Waals surface area contributed by atoms with Gasteiger partial charge in [0.05, 0.1) is 0 Å². The summed E-state index contributed by atoms with van der Waals surface area (Å²) in [5, 5.41) is 8.66. The molecule has 2 rings (SSSR count). The minimum atomic E-state index is -0.644. The summed E-state index contributed by atoms with van der Waals surface area (Å²) in [5.74, 6) is 0.921. The molecule has 2 fully saturated rings. The van der Waals surface area contributed by atoms with Crippen molar-refractivity contribution < 1.29 is 9.90 Å². The van der Waals surface area contributed by atoms with Crippen molar-refractivity contribution in [2.45, 2.75) is 44.9 Å². The van der Waals surface area contributed by atoms with E-state index in [2.05, 4.69) is 4.90 Å². The molecule has 0 amide bonds. The fraction of sp³-hybridized carbons (Fsp3) is 0.923. The lowest BCUT2D eigenvalue weighted by atomic mass is 10.0. The highest BCUT2D eigenvalue weighted by molar-refractivity contribution is 5.66. The Morgan fingerprint density at radius 3 is 2.62 bits per heavy atom. The van der Waals surface area contributed by atoms with E-state index in [1.54, 1.807) is 0 Å². The molecule has 92 valence electrons. The van der Waals surface area contributed by atoms with Crippen LogP contribution in [-0.2, 0) is 4.79 Å². The molecule has 1 saturated heterocycles. The lowest BCUT2D eigenvalue weighted by Crippen LogP contribution is -2.26. The molecule has 1 heterocycles. The molecule has 2 aliphatic rings. The van der Waals surface area contributed by atoms with Crippen molar-refractivity contribution in [2.24, 2.45) is 11.8 Å². The van der Waals surface area contributed by atoms with E-state index in [1.807, 2.05) is 0 Å². The maximum Gasteiger partial charge on any atom is 0.303 e. The number of carboxylic acid groups (broad SMARTS) is 1. The van der Waals surface area contributed by atoms with Crippen molar-refractivity contribution in [2.75, 3.05) is 19.6 Å². The molecule has 0 aromatic heterocycles. The van der Waals surface area contributed by atoms with E-state index in [4.69, 9.17) is 5.11 Å². The van der Waals surface area contributed by atoms with Gasteiger partial charge in [0, 0.05) is 19.5 Å². The Morgan fingerprint density at radius 2 is 1.94 bits per heavy atom. The highest BCUT2D eigenvalue weighted by Crippen LogP contribution is 2.28. The van der Waals surface area contributed by atoms with Gasteiger partial charge in [-0.25, -0.2) is 0 Å². The van der Waals surface area contributed by atoms with Crippen LogP contribution < -0.4 is 0 Å². The summed E-state index contributed by atoms with van der Waals surface area (Å²) >= 11 is 0. The average molecular weight is 225 g/mol. The number of aliphatic carboxylic acids is 1. The molecule has 1 aliphatic heterocycles. The standard InChI is InChI=1S/C13H23NO2/c15-13(16)6-5-12-7-8-14(10-12)9-11-3-1-2-4-11/h11-12H,1-10H2,(H,15,16). The highest BCUT2D eigenvalue weighted by atomic mass is 16.4. The van der Waals surface area contributed by atoms with Gasteiger partial charge < -0.3 is 10.0 Å². The first-order valence-electron chi connectivity index (χ1n) is 6.68. The molecular formula is C13H23NO2. The summed E-state index contributed by atoms with van der Waals surface area (Å²) < 4.78 is 0. The largest absolute Gasteiger partial charge is 0.481 e. The minimum absolute atomic E-state index is 0.349. The summed E-state index contributed by atoms with van der Waals surface area (Å²) in [6, 6.07) is 0. The second-order valence-electron chi connectivity index (χ2n) is 5.50. The Bertz CT molecular complexity index is 236. The molecule has 1 atom stereocenters. The van der Waals surface area contributed by atoms with Crippen LogP contribution in [0.3, 0.4) is 0 Å². The van der Waals surface area contributed by atoms with Gasteiger partial charge in [-0.3, -0.25) is 4.79 Å². The maximum atomic E-state index is 10.5. The van der Waals surface area contributed by atoms with Gasteiger partial charge >= 0.3 is 5.97 Å². The normalized spacial score (nSPS) is 27.6. The smallest absolute Gasteiger partial charge is 0.303 e. The summed E-state index contributed by atoms with van der Waals surface area (Å²) in [5.41, 5.74) is 0. The Morgan fingerprint density at radius 1 is 1.19 bits per heavy atom. The lowest BCUT2D eigenvalue weighted by molar-refractivity contribution is -0.137. The first kappa shape index (κ1) is 11.9. The zero-order chi connectivity index (χ0) is 11.4. The van der Waals surface area contributed by atoms with Crippen LogP contribution in [0.1, 0.15) is 44.9 Å². The fourth-order valence-corrected chi connectivity index (χ4v) is 3.20. The predicted octanol–water partition coefficient (Wildman–Crippen LogP) is 2.36. The molecule has 16 heavy (non-hydrogen) atoms. The molecule has 3 nitrogen and oxygen atoms in total. The fourth-order valence-electron chi connectivity index (χ4n) is 3.20. The number of nitrogens with zero attached hydrogens (tertiary/aromatic N) is 1. The van der Waals surface area contributed by atoms with Crippen molar-refractivity contribution >= 4 is 5.97 Å². The van der Waals surface area contributed by atoms with Gasteiger partial charge in [0.1, 0.15) is 0 Å². The van der Waals surface area contributed by atoms with Gasteiger partial charge in [0.2, 0.25) is 0 Å². The molecular weight excluding hydrogens is 202 g/mol. The number of carboxylic acids is 1. The van der Waals surface area contributed by atoms with Crippen molar-refractivity contribution in [3.63, 3.8) is 0 Å². The van der Waals surface area contributed by atoms with E-state index in [-0.39, 0.29) is 0 Å². The summed E-state index contributed by atoms with van der Waals surface area (Å²) in [4.78, 5) is 13.1. The Balaban J connectivity index is 1.64. The minimum Gasteiger partial charge on any atom is -0.481 e. The molecule has 1 unspecified atom stereocenters. The Hall–Kier alpha value is -0.570. The molecule has 0 aromatic carbocycles. The molecule has 1 N–H and O–H groups in total. The third-order valence-corrected chi connectivity index (χ3v) is 4.13. The van der Waals surface area contributed by atoms with Crippen LogP contribution in [0.25, 0.3) is 0 Å². The number of hydrogen-bond donors (Lipinski definition) is 1. The zero-order valence-electron chi connectivity index (χ0n) is 10.0. The van der Waals surface area contributed by atoms with E-state index in [0.717, 1.165) is 18.9 Å². The highest BCUT2D eigenvalue weighted by Gasteiger charge is 2.26. The first-order chi connectivity index (χ1) is 7.74. The predicted molar refractivity (Wildman–Crippen MR) is 63.4 cm³/mol. The number of carbonyl (C=O) groups is 1. The van der Waals surface area contributed by atoms with E-state index in [9.17, 15) is 4.79 Å². The monoisotopic (exact) mass is 225 g/mol. The van der Waals surface area contributed by atoms with E-state index in [0.29, 0.717) is 12.3 Å². The van der Waals surface area contributed by atoms with Crippen molar-refractivity contribution in [1.29, 1.82) is 0 Å². The van der Waals surface area contributed by atoms with Gasteiger partial charge in [0.15, 0.2) is 0 Å². The average Bonchev–Trinajstić information content (AvgIpc) is 2.87. The second-order valence-corrected chi connectivity index (χ2v) is 5.50. The van der Waals surface area contributed by atoms with Gasteiger partial charge in [-0.2, -0.15) is 0 Å². The van der Waals surface area contributed by atoms with E-state index >= 15 is 0 Å². The van der Waals surface area contributed by atoms with Crippen molar-refractivity contribution in [1.82, 2.24) is 4.90 Å². The Kier molecular flexibility index (Phi) is 4.22. The van der Waals surface area contributed by atoms with Gasteiger partial charge in [-0.1, -0.05) is 12.8 Å². The maximum absolute atomic E-state index is 10.5. The van der Waals surface area contributed by atoms with Crippen molar-refractivity contribution in [3.8, 4) is 0 Å². The summed E-state index contributed by atoms with van der Waals surface area (Å²) in [6.45, 7) is 3.61. The molecule has 1 saturated carbocycles. The Labute approximate surface area is 97.8 Å². The van der Waals surface area contributed by atoms with Crippen LogP contribution in [0.2, 0.25) is 0 Å². The molecule has 0 spiro atoms. The van der Waals surface area contributed by atoms with Crippen LogP contribution >= 0.6 is 0 Å². The molecule has 1 aliphatic carbocycles. The third kappa shape index (κ3) is 3.48. The van der Waals surface area contributed by atoms with Crippen LogP contribution in [-0.4, -0.2) is 35.6 Å². The lowest BCUT2D eigenvalue weighted by Gasteiger charge is -2.20. The topological polar surface area (TPSA) is 40.5 Å². The van der Waals surface area contributed by atoms with E-state index < -0.39 is 5.97 Å². The van der Waals surface area contributed by atoms with Crippen molar-refractivity contribution in [3.05, 3.63) is 0 Å². The third-order valence-electron chi connectivity index (χ3n) is 4.13. The van der Waals surface area contributed by atoms with Crippen LogP contribution in [0.5, 0.6) is 0 Å². The van der Waals surface area contributed by atoms with Gasteiger partial charge in [0.25, 0.3) is 0 Å². The SMILES string of the molecule is O=C(O)CCC1CCN(CC2CCCC2)C1. The molecule has 0 aromatic rings. The molecule has 3 heteroatoms. The van der Waals surface area contributed by atoms with Crippen LogP contribution in [0.15, 0.2) is 0 Å².